The third-order valence-corrected chi connectivity index (χ3v) is 2.26. The van der Waals surface area contributed by atoms with Crippen LogP contribution in [0.1, 0.15) is 28.0 Å². The minimum Gasteiger partial charge on any atom is -0.476 e. The minimum absolute atomic E-state index is 0.00848. The van der Waals surface area contributed by atoms with Crippen molar-refractivity contribution in [1.82, 2.24) is 4.98 Å². The summed E-state index contributed by atoms with van der Waals surface area (Å²) >= 11 is 2.88. The lowest BCUT2D eigenvalue weighted by Gasteiger charge is -2.06. The second kappa shape index (κ2) is 4.61. The third-order valence-electron chi connectivity index (χ3n) is 1.66. The SMILES string of the molecule is O=C(O)c1nc(F)c(CBr)cc1C(F)F. The fraction of sp³-hybridized carbons (Fsp3) is 0.250. The van der Waals surface area contributed by atoms with Gasteiger partial charge in [0, 0.05) is 10.9 Å². The average molecular weight is 284 g/mol. The molecule has 0 amide bonds. The number of alkyl halides is 3. The number of hydrogen-bond donors (Lipinski definition) is 1. The number of rotatable bonds is 3. The van der Waals surface area contributed by atoms with E-state index in [9.17, 15) is 18.0 Å². The Morgan fingerprint density at radius 3 is 2.60 bits per heavy atom. The lowest BCUT2D eigenvalue weighted by molar-refractivity contribution is 0.0675. The molecule has 0 aromatic carbocycles. The number of carbonyl (C=O) groups is 1. The molecule has 1 rings (SSSR count). The first-order valence-corrected chi connectivity index (χ1v) is 4.86. The molecule has 15 heavy (non-hydrogen) atoms. The van der Waals surface area contributed by atoms with Gasteiger partial charge < -0.3 is 5.11 Å². The third kappa shape index (κ3) is 2.47. The van der Waals surface area contributed by atoms with E-state index < -0.39 is 29.6 Å². The predicted octanol–water partition coefficient (Wildman–Crippen LogP) is 2.75. The smallest absolute Gasteiger partial charge is 0.355 e. The molecule has 0 aliphatic rings. The van der Waals surface area contributed by atoms with Crippen LogP contribution in [0.15, 0.2) is 6.07 Å². The molecule has 0 saturated heterocycles. The van der Waals surface area contributed by atoms with Gasteiger partial charge in [-0.25, -0.2) is 18.6 Å². The second-order valence-corrected chi connectivity index (χ2v) is 3.18. The molecule has 0 fully saturated rings. The molecule has 0 radical (unpaired) electrons. The largest absolute Gasteiger partial charge is 0.476 e. The standard InChI is InChI=1S/C8H5BrF3NO2/c9-2-3-1-4(6(10)11)5(8(14)15)13-7(3)12/h1,6H,2H2,(H,14,15). The number of carboxylic acids is 1. The molecular formula is C8H5BrF3NO2. The molecule has 1 N–H and O–H groups in total. The van der Waals surface area contributed by atoms with Gasteiger partial charge in [0.15, 0.2) is 5.69 Å². The first-order valence-electron chi connectivity index (χ1n) is 3.74. The molecule has 1 aromatic rings. The van der Waals surface area contributed by atoms with E-state index in [-0.39, 0.29) is 10.9 Å². The molecule has 0 aliphatic heterocycles. The summed E-state index contributed by atoms with van der Waals surface area (Å²) in [5, 5.41) is 8.52. The van der Waals surface area contributed by atoms with Crippen molar-refractivity contribution in [2.24, 2.45) is 0 Å². The summed E-state index contributed by atoms with van der Waals surface area (Å²) in [7, 11) is 0. The number of hydrogen-bond acceptors (Lipinski definition) is 2. The Morgan fingerprint density at radius 2 is 2.20 bits per heavy atom. The molecule has 0 spiro atoms. The lowest BCUT2D eigenvalue weighted by Crippen LogP contribution is -2.09. The Balaban J connectivity index is 3.38. The second-order valence-electron chi connectivity index (χ2n) is 2.62. The lowest BCUT2D eigenvalue weighted by atomic mass is 10.1. The monoisotopic (exact) mass is 283 g/mol. The molecule has 0 unspecified atom stereocenters. The molecule has 3 nitrogen and oxygen atoms in total. The van der Waals surface area contributed by atoms with Crippen molar-refractivity contribution >= 4 is 21.9 Å². The highest BCUT2D eigenvalue weighted by Gasteiger charge is 2.22. The topological polar surface area (TPSA) is 50.2 Å². The first-order chi connectivity index (χ1) is 6.97. The Bertz CT molecular complexity index is 398. The van der Waals surface area contributed by atoms with Gasteiger partial charge in [0.2, 0.25) is 5.95 Å². The zero-order valence-electron chi connectivity index (χ0n) is 7.18. The Hall–Kier alpha value is -1.11. The van der Waals surface area contributed by atoms with Crippen molar-refractivity contribution in [2.45, 2.75) is 11.8 Å². The minimum atomic E-state index is -3.00. The molecule has 0 aliphatic carbocycles. The highest BCUT2D eigenvalue weighted by Crippen LogP contribution is 2.24. The van der Waals surface area contributed by atoms with Gasteiger partial charge in [0.05, 0.1) is 5.56 Å². The van der Waals surface area contributed by atoms with E-state index >= 15 is 0 Å². The number of pyridine rings is 1. The quantitative estimate of drug-likeness (QED) is 0.686. The maximum Gasteiger partial charge on any atom is 0.355 e. The zero-order chi connectivity index (χ0) is 11.6. The van der Waals surface area contributed by atoms with Crippen molar-refractivity contribution in [1.29, 1.82) is 0 Å². The van der Waals surface area contributed by atoms with Crippen molar-refractivity contribution < 1.29 is 23.1 Å². The first kappa shape index (κ1) is 12.0. The van der Waals surface area contributed by atoms with Crippen molar-refractivity contribution in [3.63, 3.8) is 0 Å². The number of halogens is 4. The molecule has 82 valence electrons. The maximum atomic E-state index is 13.0. The number of aromatic carboxylic acids is 1. The van der Waals surface area contributed by atoms with E-state index in [2.05, 4.69) is 20.9 Å². The van der Waals surface area contributed by atoms with Crippen LogP contribution in [0.4, 0.5) is 13.2 Å². The summed E-state index contributed by atoms with van der Waals surface area (Å²) in [4.78, 5) is 13.5. The van der Waals surface area contributed by atoms with Gasteiger partial charge in [-0.3, -0.25) is 0 Å². The van der Waals surface area contributed by atoms with E-state index in [0.29, 0.717) is 0 Å². The van der Waals surface area contributed by atoms with Gasteiger partial charge in [0.25, 0.3) is 6.43 Å². The van der Waals surface area contributed by atoms with Crippen LogP contribution < -0.4 is 0 Å². The van der Waals surface area contributed by atoms with E-state index in [4.69, 9.17) is 5.11 Å². The van der Waals surface area contributed by atoms with E-state index in [0.717, 1.165) is 6.07 Å². The normalized spacial score (nSPS) is 10.7. The molecule has 7 heteroatoms. The summed E-state index contributed by atoms with van der Waals surface area (Å²) in [5.41, 5.74) is -1.83. The maximum absolute atomic E-state index is 13.0. The van der Waals surface area contributed by atoms with Crippen molar-refractivity contribution in [3.8, 4) is 0 Å². The van der Waals surface area contributed by atoms with E-state index in [1.54, 1.807) is 0 Å². The van der Waals surface area contributed by atoms with Gasteiger partial charge in [-0.05, 0) is 6.07 Å². The molecule has 1 heterocycles. The van der Waals surface area contributed by atoms with Crippen LogP contribution >= 0.6 is 15.9 Å². The predicted molar refractivity (Wildman–Crippen MR) is 48.7 cm³/mol. The van der Waals surface area contributed by atoms with Crippen LogP contribution in [0.3, 0.4) is 0 Å². The molecule has 1 aromatic heterocycles. The van der Waals surface area contributed by atoms with Crippen LogP contribution in [0, 0.1) is 5.95 Å². The fourth-order valence-electron chi connectivity index (χ4n) is 0.981. The van der Waals surface area contributed by atoms with Crippen LogP contribution in [-0.2, 0) is 5.33 Å². The van der Waals surface area contributed by atoms with E-state index in [1.165, 1.54) is 0 Å². The van der Waals surface area contributed by atoms with Crippen molar-refractivity contribution in [3.05, 3.63) is 28.8 Å². The summed E-state index contributed by atoms with van der Waals surface area (Å²) < 4.78 is 37.8. The summed E-state index contributed by atoms with van der Waals surface area (Å²) in [6.07, 6.45) is -3.00. The Kier molecular flexibility index (Phi) is 3.67. The Labute approximate surface area is 91.1 Å². The van der Waals surface area contributed by atoms with Crippen molar-refractivity contribution in [2.75, 3.05) is 0 Å². The molecule has 0 saturated carbocycles. The van der Waals surface area contributed by atoms with Gasteiger partial charge in [-0.15, -0.1) is 0 Å². The van der Waals surface area contributed by atoms with Gasteiger partial charge in [0.1, 0.15) is 0 Å². The van der Waals surface area contributed by atoms with Gasteiger partial charge >= 0.3 is 5.97 Å². The molecular weight excluding hydrogens is 279 g/mol. The van der Waals surface area contributed by atoms with Crippen LogP contribution in [0.2, 0.25) is 0 Å². The van der Waals surface area contributed by atoms with Crippen LogP contribution in [0.25, 0.3) is 0 Å². The summed E-state index contributed by atoms with van der Waals surface area (Å²) in [5.74, 6) is -2.74. The number of aromatic nitrogens is 1. The zero-order valence-corrected chi connectivity index (χ0v) is 8.76. The number of carboxylic acid groups (broad SMARTS) is 1. The van der Waals surface area contributed by atoms with Crippen LogP contribution in [0.5, 0.6) is 0 Å². The molecule has 0 bridgehead atoms. The van der Waals surface area contributed by atoms with Gasteiger partial charge in [-0.1, -0.05) is 15.9 Å². The highest BCUT2D eigenvalue weighted by molar-refractivity contribution is 9.08. The highest BCUT2D eigenvalue weighted by atomic mass is 79.9. The van der Waals surface area contributed by atoms with E-state index in [1.807, 2.05) is 0 Å². The van der Waals surface area contributed by atoms with Gasteiger partial charge in [-0.2, -0.15) is 4.39 Å². The number of nitrogens with zero attached hydrogens (tertiary/aromatic N) is 1. The average Bonchev–Trinajstić information content (AvgIpc) is 2.16. The summed E-state index contributed by atoms with van der Waals surface area (Å²) in [6, 6.07) is 0.797. The van der Waals surface area contributed by atoms with Crippen LogP contribution in [-0.4, -0.2) is 16.1 Å². The molecule has 0 atom stereocenters. The fourth-order valence-corrected chi connectivity index (χ4v) is 1.37. The Morgan fingerprint density at radius 1 is 1.60 bits per heavy atom. The summed E-state index contributed by atoms with van der Waals surface area (Å²) in [6.45, 7) is 0.